The highest BCUT2D eigenvalue weighted by atomic mass is 32.2. The minimum Gasteiger partial charge on any atom is -0.309 e. The van der Waals surface area contributed by atoms with Crippen LogP contribution in [0.25, 0.3) is 72.8 Å². The predicted molar refractivity (Wildman–Crippen MR) is 223 cm³/mol. The zero-order valence-electron chi connectivity index (χ0n) is 29.6. The molecular weight excluding hydrogens is 697 g/mol. The third kappa shape index (κ3) is 4.83. The molecule has 1 aliphatic carbocycles. The van der Waals surface area contributed by atoms with Crippen molar-refractivity contribution in [3.63, 3.8) is 0 Å². The van der Waals surface area contributed by atoms with Crippen LogP contribution < -0.4 is 0 Å². The molecule has 0 saturated carbocycles. The molecule has 6 heteroatoms. The van der Waals surface area contributed by atoms with E-state index in [0.29, 0.717) is 17.5 Å². The van der Waals surface area contributed by atoms with Gasteiger partial charge in [0.15, 0.2) is 17.5 Å². The van der Waals surface area contributed by atoms with E-state index in [1.165, 1.54) is 63.6 Å². The van der Waals surface area contributed by atoms with Gasteiger partial charge in [-0.2, -0.15) is 0 Å². The molecule has 1 aliphatic heterocycles. The molecule has 0 N–H and O–H groups in total. The number of hydrogen-bond acceptors (Lipinski definition) is 5. The van der Waals surface area contributed by atoms with Crippen molar-refractivity contribution in [3.05, 3.63) is 169 Å². The first-order valence-electron chi connectivity index (χ1n) is 18.2. The van der Waals surface area contributed by atoms with Crippen LogP contribution >= 0.6 is 23.5 Å². The van der Waals surface area contributed by atoms with Crippen LogP contribution in [0.15, 0.2) is 177 Å². The summed E-state index contributed by atoms with van der Waals surface area (Å²) < 4.78 is 2.46. The van der Waals surface area contributed by atoms with Gasteiger partial charge in [-0.3, -0.25) is 0 Å². The van der Waals surface area contributed by atoms with Crippen LogP contribution in [0.4, 0.5) is 0 Å². The summed E-state index contributed by atoms with van der Waals surface area (Å²) in [7, 11) is 0. The Bertz CT molecular complexity index is 2890. The summed E-state index contributed by atoms with van der Waals surface area (Å²) in [4.78, 5) is 20.1. The van der Waals surface area contributed by atoms with Gasteiger partial charge in [0.1, 0.15) is 0 Å². The van der Waals surface area contributed by atoms with E-state index < -0.39 is 0 Å². The third-order valence-electron chi connectivity index (χ3n) is 10.9. The molecule has 0 spiro atoms. The van der Waals surface area contributed by atoms with Gasteiger partial charge in [0.2, 0.25) is 0 Å². The standard InChI is InChI=1S/C48H32N4S2/c1-48(2)36-18-10-9-17-33(36)34-25-26-37-43(44(34)48)35-27-41-42(54-40-20-12-11-19-39(40)53-41)28-38(35)52(37)32-23-21-31(22-24-32)47-50-45(29-13-5-3-6-14-29)49-46(51-47)30-15-7-4-8-16-30/h3-28H,1-2H3. The third-order valence-corrected chi connectivity index (χ3v) is 13.4. The van der Waals surface area contributed by atoms with Crippen molar-refractivity contribution in [2.75, 3.05) is 0 Å². The van der Waals surface area contributed by atoms with Crippen LogP contribution in [0.5, 0.6) is 0 Å². The van der Waals surface area contributed by atoms with E-state index in [1.807, 2.05) is 84.2 Å². The summed E-state index contributed by atoms with van der Waals surface area (Å²) in [5.74, 6) is 1.96. The topological polar surface area (TPSA) is 43.6 Å². The first kappa shape index (κ1) is 31.6. The molecule has 9 aromatic rings. The van der Waals surface area contributed by atoms with Gasteiger partial charge >= 0.3 is 0 Å². The molecule has 7 aromatic carbocycles. The maximum atomic E-state index is 5.00. The monoisotopic (exact) mass is 728 g/mol. The molecule has 0 saturated heterocycles. The summed E-state index contributed by atoms with van der Waals surface area (Å²) in [6, 6.07) is 56.2. The Morgan fingerprint density at radius 3 is 1.63 bits per heavy atom. The lowest BCUT2D eigenvalue weighted by Gasteiger charge is -2.23. The summed E-state index contributed by atoms with van der Waals surface area (Å²) in [5.41, 5.74) is 11.7. The quantitative estimate of drug-likeness (QED) is 0.180. The Kier molecular flexibility index (Phi) is 7.04. The van der Waals surface area contributed by atoms with Gasteiger partial charge in [-0.05, 0) is 76.9 Å². The zero-order chi connectivity index (χ0) is 36.0. The first-order valence-corrected chi connectivity index (χ1v) is 19.8. The molecular formula is C48H32N4S2. The summed E-state index contributed by atoms with van der Waals surface area (Å²) in [5, 5.41) is 2.62. The van der Waals surface area contributed by atoms with Crippen molar-refractivity contribution in [3.8, 4) is 51.0 Å². The first-order chi connectivity index (χ1) is 26.5. The van der Waals surface area contributed by atoms with Crippen molar-refractivity contribution in [2.24, 2.45) is 0 Å². The Hall–Kier alpha value is -5.95. The second-order valence-electron chi connectivity index (χ2n) is 14.4. The highest BCUT2D eigenvalue weighted by molar-refractivity contribution is 8.05. The Labute approximate surface area is 322 Å². The summed E-state index contributed by atoms with van der Waals surface area (Å²) >= 11 is 3.75. The lowest BCUT2D eigenvalue weighted by molar-refractivity contribution is 0.666. The van der Waals surface area contributed by atoms with Crippen LogP contribution in [-0.4, -0.2) is 19.5 Å². The van der Waals surface area contributed by atoms with E-state index in [-0.39, 0.29) is 5.41 Å². The molecule has 2 aliphatic rings. The molecule has 0 amide bonds. The molecule has 11 rings (SSSR count). The SMILES string of the molecule is CC1(C)c2ccccc2-c2ccc3c(c21)c1cc2c(cc1n3-c1ccc(-c3nc(-c4ccccc4)nc(-c4ccccc4)n3)cc1)Sc1ccccc1S2. The molecule has 3 heterocycles. The molecule has 2 aromatic heterocycles. The minimum absolute atomic E-state index is 0.148. The molecule has 0 radical (unpaired) electrons. The van der Waals surface area contributed by atoms with E-state index in [1.54, 1.807) is 0 Å². The average molecular weight is 729 g/mol. The summed E-state index contributed by atoms with van der Waals surface area (Å²) in [6.45, 7) is 4.77. The normalized spacial score (nSPS) is 13.7. The van der Waals surface area contributed by atoms with Crippen LogP contribution in [0.3, 0.4) is 0 Å². The number of rotatable bonds is 4. The fourth-order valence-electron chi connectivity index (χ4n) is 8.38. The largest absolute Gasteiger partial charge is 0.309 e. The van der Waals surface area contributed by atoms with Gasteiger partial charge in [-0.15, -0.1) is 0 Å². The van der Waals surface area contributed by atoms with E-state index in [2.05, 4.69) is 115 Å². The minimum atomic E-state index is -0.148. The lowest BCUT2D eigenvalue weighted by Crippen LogP contribution is -2.15. The number of aromatic nitrogens is 4. The van der Waals surface area contributed by atoms with E-state index in [0.717, 1.165) is 22.4 Å². The highest BCUT2D eigenvalue weighted by Gasteiger charge is 2.38. The van der Waals surface area contributed by atoms with Crippen molar-refractivity contribution in [2.45, 2.75) is 38.8 Å². The van der Waals surface area contributed by atoms with Crippen LogP contribution in [-0.2, 0) is 5.41 Å². The second kappa shape index (κ2) is 12.0. The number of benzene rings is 7. The van der Waals surface area contributed by atoms with E-state index >= 15 is 0 Å². The Balaban J connectivity index is 1.11. The number of fused-ring (bicyclic) bond motifs is 9. The molecule has 54 heavy (non-hydrogen) atoms. The Morgan fingerprint density at radius 2 is 1.00 bits per heavy atom. The van der Waals surface area contributed by atoms with Crippen LogP contribution in [0.2, 0.25) is 0 Å². The van der Waals surface area contributed by atoms with E-state index in [9.17, 15) is 0 Å². The van der Waals surface area contributed by atoms with Crippen LogP contribution in [0.1, 0.15) is 25.0 Å². The molecule has 0 fully saturated rings. The predicted octanol–water partition coefficient (Wildman–Crippen LogP) is 12.9. The highest BCUT2D eigenvalue weighted by Crippen LogP contribution is 2.55. The molecule has 4 nitrogen and oxygen atoms in total. The lowest BCUT2D eigenvalue weighted by atomic mass is 9.80. The van der Waals surface area contributed by atoms with Gasteiger partial charge in [0.05, 0.1) is 11.0 Å². The van der Waals surface area contributed by atoms with Crippen molar-refractivity contribution >= 4 is 45.3 Å². The van der Waals surface area contributed by atoms with Gasteiger partial charge in [0, 0.05) is 58.1 Å². The van der Waals surface area contributed by atoms with Gasteiger partial charge in [-0.25, -0.2) is 15.0 Å². The fraction of sp³-hybridized carbons (Fsp3) is 0.0625. The molecule has 0 unspecified atom stereocenters. The van der Waals surface area contributed by atoms with Crippen molar-refractivity contribution in [1.29, 1.82) is 0 Å². The van der Waals surface area contributed by atoms with Crippen LogP contribution in [0, 0.1) is 0 Å². The zero-order valence-corrected chi connectivity index (χ0v) is 31.2. The number of nitrogens with zero attached hydrogens (tertiary/aromatic N) is 4. The Morgan fingerprint density at radius 1 is 0.463 bits per heavy atom. The molecule has 256 valence electrons. The molecule has 0 atom stereocenters. The molecule has 0 bridgehead atoms. The smallest absolute Gasteiger partial charge is 0.164 e. The van der Waals surface area contributed by atoms with Gasteiger partial charge in [0.25, 0.3) is 0 Å². The van der Waals surface area contributed by atoms with Crippen molar-refractivity contribution in [1.82, 2.24) is 19.5 Å². The maximum Gasteiger partial charge on any atom is 0.164 e. The average Bonchev–Trinajstić information content (AvgIpc) is 3.67. The van der Waals surface area contributed by atoms with Crippen molar-refractivity contribution < 1.29 is 0 Å². The number of hydrogen-bond donors (Lipinski definition) is 0. The summed E-state index contributed by atoms with van der Waals surface area (Å²) in [6.07, 6.45) is 0. The fourth-order valence-corrected chi connectivity index (χ4v) is 10.6. The second-order valence-corrected chi connectivity index (χ2v) is 16.6. The maximum absolute atomic E-state index is 5.00. The van der Waals surface area contributed by atoms with E-state index in [4.69, 9.17) is 15.0 Å². The van der Waals surface area contributed by atoms with Gasteiger partial charge in [-0.1, -0.05) is 140 Å². The van der Waals surface area contributed by atoms with Gasteiger partial charge < -0.3 is 4.57 Å².